The van der Waals surface area contributed by atoms with Gasteiger partial charge in [0.25, 0.3) is 5.91 Å². The number of amides is 4. The van der Waals surface area contributed by atoms with Crippen LogP contribution in [0.2, 0.25) is 0 Å². The van der Waals surface area contributed by atoms with E-state index in [9.17, 15) is 24.0 Å². The lowest BCUT2D eigenvalue weighted by Gasteiger charge is -2.30. The molecule has 49 heavy (non-hydrogen) atoms. The van der Waals surface area contributed by atoms with Gasteiger partial charge in [-0.2, -0.15) is 0 Å². The first kappa shape index (κ1) is 36.7. The first-order chi connectivity index (χ1) is 23.2. The van der Waals surface area contributed by atoms with E-state index in [-0.39, 0.29) is 25.4 Å². The van der Waals surface area contributed by atoms with Crippen LogP contribution in [0.4, 0.5) is 16.2 Å². The molecule has 4 amide bonds. The average molecular weight is 676 g/mol. The fraction of sp³-hybridized carbons (Fsp3) is 0.417. The number of hydrogen-bond acceptors (Lipinski definition) is 9. The Kier molecular flexibility index (Phi) is 11.5. The quantitative estimate of drug-likeness (QED) is 0.303. The van der Waals surface area contributed by atoms with E-state index >= 15 is 0 Å². The second-order valence-corrected chi connectivity index (χ2v) is 12.8. The largest absolute Gasteiger partial charge is 0.496 e. The van der Waals surface area contributed by atoms with Crippen molar-refractivity contribution in [3.8, 4) is 5.75 Å². The molecule has 0 bridgehead atoms. The lowest BCUT2D eigenvalue weighted by molar-refractivity contribution is -0.130. The van der Waals surface area contributed by atoms with Gasteiger partial charge in [-0.15, -0.1) is 0 Å². The van der Waals surface area contributed by atoms with E-state index < -0.39 is 41.6 Å². The third-order valence-corrected chi connectivity index (χ3v) is 8.29. The Hall–Kier alpha value is -5.17. The highest BCUT2D eigenvalue weighted by atomic mass is 16.6. The molecular weight excluding hydrogens is 630 g/mol. The minimum atomic E-state index is -1.19. The summed E-state index contributed by atoms with van der Waals surface area (Å²) < 4.78 is 16.1. The summed E-state index contributed by atoms with van der Waals surface area (Å²) in [6, 6.07) is 13.5. The molecule has 1 heterocycles. The Morgan fingerprint density at radius 3 is 2.37 bits per heavy atom. The number of nitrogens with two attached hydrogens (primary N) is 1. The highest BCUT2D eigenvalue weighted by Crippen LogP contribution is 2.37. The Balaban J connectivity index is 1.79. The third-order valence-electron chi connectivity index (χ3n) is 8.29. The molecule has 0 saturated carbocycles. The van der Waals surface area contributed by atoms with Crippen LogP contribution >= 0.6 is 0 Å². The topological polar surface area (TPSA) is 161 Å². The molecule has 2 atom stereocenters. The van der Waals surface area contributed by atoms with Gasteiger partial charge in [0.1, 0.15) is 23.4 Å². The van der Waals surface area contributed by atoms with Gasteiger partial charge < -0.3 is 35.1 Å². The van der Waals surface area contributed by atoms with Crippen molar-refractivity contribution in [2.75, 3.05) is 44.2 Å². The van der Waals surface area contributed by atoms with Crippen molar-refractivity contribution in [3.63, 3.8) is 0 Å². The molecule has 3 N–H and O–H groups in total. The van der Waals surface area contributed by atoms with Gasteiger partial charge in [-0.05, 0) is 81.8 Å². The second kappa shape index (κ2) is 15.4. The normalized spacial score (nSPS) is 15.2. The van der Waals surface area contributed by atoms with Gasteiger partial charge in [0.05, 0.1) is 44.2 Å². The van der Waals surface area contributed by atoms with Crippen LogP contribution in [0.3, 0.4) is 0 Å². The molecule has 1 aliphatic rings. The van der Waals surface area contributed by atoms with E-state index in [0.717, 1.165) is 15.7 Å². The number of esters is 1. The van der Waals surface area contributed by atoms with Crippen molar-refractivity contribution in [1.82, 2.24) is 10.2 Å². The molecular formula is C36H45N5O8. The summed E-state index contributed by atoms with van der Waals surface area (Å²) in [5, 5.41) is 4.26. The van der Waals surface area contributed by atoms with E-state index in [2.05, 4.69) is 5.32 Å². The number of benzene rings is 3. The molecule has 0 radical (unpaired) electrons. The van der Waals surface area contributed by atoms with Crippen molar-refractivity contribution in [2.24, 2.45) is 5.73 Å². The van der Waals surface area contributed by atoms with Gasteiger partial charge in [-0.3, -0.25) is 19.3 Å². The molecule has 13 heteroatoms. The summed E-state index contributed by atoms with van der Waals surface area (Å²) in [4.78, 5) is 71.1. The molecule has 0 aliphatic carbocycles. The van der Waals surface area contributed by atoms with Gasteiger partial charge in [0.15, 0.2) is 0 Å². The number of likely N-dealkylation sites (N-methyl/N-ethyl adjacent to an activating group) is 1. The first-order valence-corrected chi connectivity index (χ1v) is 16.1. The second-order valence-electron chi connectivity index (χ2n) is 12.8. The minimum absolute atomic E-state index is 0.00149. The smallest absolute Gasteiger partial charge is 0.410 e. The van der Waals surface area contributed by atoms with E-state index in [4.69, 9.17) is 19.9 Å². The number of carbonyl (C=O) groups is 5. The van der Waals surface area contributed by atoms with E-state index in [1.165, 1.54) is 38.0 Å². The number of fused-ring (bicyclic) bond motifs is 2. The number of anilines is 2. The standard InChI is InChI=1S/C36H45N5O8/c1-22(39(5)35(46)49-36(2,3)4)32(43)38-27-21-40(31(42)13-10-18-37)28-11-8-9-12-29(28)41(33(27)44)20-26-25-16-14-24(34(45)48-7)19-23(25)15-17-30(26)47-6/h8-9,11-12,14-17,19,22,27H,10,13,18,20-21,37H2,1-7H3,(H,38,43)/t22?,27-/m0/s1. The molecule has 1 unspecified atom stereocenters. The molecule has 262 valence electrons. The first-order valence-electron chi connectivity index (χ1n) is 16.1. The number of nitrogens with one attached hydrogen (secondary N) is 1. The molecule has 0 aromatic heterocycles. The van der Waals surface area contributed by atoms with Crippen molar-refractivity contribution in [3.05, 3.63) is 65.7 Å². The fourth-order valence-corrected chi connectivity index (χ4v) is 5.57. The van der Waals surface area contributed by atoms with Gasteiger partial charge in [0, 0.05) is 19.0 Å². The highest BCUT2D eigenvalue weighted by Gasteiger charge is 2.38. The van der Waals surface area contributed by atoms with Crippen LogP contribution in [0.25, 0.3) is 10.8 Å². The van der Waals surface area contributed by atoms with Crippen molar-refractivity contribution in [1.29, 1.82) is 0 Å². The van der Waals surface area contributed by atoms with Crippen LogP contribution in [-0.4, -0.2) is 86.7 Å². The van der Waals surface area contributed by atoms with E-state index in [1.54, 1.807) is 69.3 Å². The molecule has 13 nitrogen and oxygen atoms in total. The molecule has 4 rings (SSSR count). The van der Waals surface area contributed by atoms with Crippen molar-refractivity contribution in [2.45, 2.75) is 64.8 Å². The van der Waals surface area contributed by atoms with Crippen LogP contribution in [0.15, 0.2) is 54.6 Å². The van der Waals surface area contributed by atoms with E-state index in [1.807, 2.05) is 6.07 Å². The Morgan fingerprint density at radius 1 is 1.04 bits per heavy atom. The lowest BCUT2D eigenvalue weighted by atomic mass is 10.00. The van der Waals surface area contributed by atoms with Crippen LogP contribution in [0.1, 0.15) is 56.5 Å². The average Bonchev–Trinajstić information content (AvgIpc) is 3.19. The zero-order valence-electron chi connectivity index (χ0n) is 29.1. The van der Waals surface area contributed by atoms with Crippen LogP contribution < -0.4 is 25.6 Å². The summed E-state index contributed by atoms with van der Waals surface area (Å²) in [7, 11) is 4.27. The van der Waals surface area contributed by atoms with Gasteiger partial charge >= 0.3 is 12.1 Å². The summed E-state index contributed by atoms with van der Waals surface area (Å²) in [5.74, 6) is -1.33. The molecule has 3 aromatic rings. The molecule has 0 fully saturated rings. The van der Waals surface area contributed by atoms with E-state index in [0.29, 0.717) is 41.2 Å². The maximum Gasteiger partial charge on any atom is 0.410 e. The number of ether oxygens (including phenoxy) is 3. The molecule has 0 saturated heterocycles. The number of hydrogen-bond donors (Lipinski definition) is 2. The van der Waals surface area contributed by atoms with Gasteiger partial charge in [-0.25, -0.2) is 9.59 Å². The summed E-state index contributed by atoms with van der Waals surface area (Å²) in [5.41, 5.74) is 6.88. The van der Waals surface area contributed by atoms with Crippen LogP contribution in [0.5, 0.6) is 5.75 Å². The zero-order valence-corrected chi connectivity index (χ0v) is 29.1. The Morgan fingerprint density at radius 2 is 1.73 bits per heavy atom. The summed E-state index contributed by atoms with van der Waals surface area (Å²) >= 11 is 0. The van der Waals surface area contributed by atoms with Gasteiger partial charge in [-0.1, -0.05) is 24.3 Å². The number of rotatable bonds is 10. The minimum Gasteiger partial charge on any atom is -0.496 e. The fourth-order valence-electron chi connectivity index (χ4n) is 5.57. The predicted molar refractivity (Wildman–Crippen MR) is 186 cm³/mol. The van der Waals surface area contributed by atoms with Gasteiger partial charge in [0.2, 0.25) is 11.8 Å². The number of nitrogens with zero attached hydrogens (tertiary/aromatic N) is 3. The summed E-state index contributed by atoms with van der Waals surface area (Å²) in [6.45, 7) is 6.84. The van der Waals surface area contributed by atoms with Crippen LogP contribution in [0, 0.1) is 0 Å². The Labute approximate surface area is 286 Å². The monoisotopic (exact) mass is 675 g/mol. The highest BCUT2D eigenvalue weighted by molar-refractivity contribution is 6.09. The van der Waals surface area contributed by atoms with Crippen LogP contribution in [-0.2, 0) is 30.4 Å². The maximum atomic E-state index is 14.6. The molecule has 1 aliphatic heterocycles. The Bertz CT molecular complexity index is 1740. The number of para-hydroxylation sites is 2. The third kappa shape index (κ3) is 8.29. The molecule has 3 aromatic carbocycles. The van der Waals surface area contributed by atoms with Crippen molar-refractivity contribution >= 4 is 51.9 Å². The number of carbonyl (C=O) groups excluding carboxylic acids is 5. The zero-order chi connectivity index (χ0) is 36.0. The molecule has 0 spiro atoms. The lowest BCUT2D eigenvalue weighted by Crippen LogP contribution is -2.57. The maximum absolute atomic E-state index is 14.6. The number of methoxy groups -OCH3 is 2. The predicted octanol–water partition coefficient (Wildman–Crippen LogP) is 3.99. The van der Waals surface area contributed by atoms with Crippen molar-refractivity contribution < 1.29 is 38.2 Å². The summed E-state index contributed by atoms with van der Waals surface area (Å²) in [6.07, 6.45) is -0.129. The SMILES string of the molecule is COC(=O)c1ccc2c(CN3C(=O)[C@@H](NC(=O)C(C)N(C)C(=O)OC(C)(C)C)CN(C(=O)CCCN)c4ccccc43)c(OC)ccc2c1.